The Morgan fingerprint density at radius 3 is 2.24 bits per heavy atom. The highest BCUT2D eigenvalue weighted by atomic mass is 32.1. The van der Waals surface area contributed by atoms with Crippen LogP contribution in [0.4, 0.5) is 0 Å². The SMILES string of the molecule is CCCCOC[C@@H]1C[C@H](OCCCC)[C@@H](OCCCC)C(c2cc(Cc3cc4ccccc4s3)c(OC)cc2OCCCC)O1. The van der Waals surface area contributed by atoms with Gasteiger partial charge < -0.3 is 28.4 Å². The number of benzene rings is 2. The van der Waals surface area contributed by atoms with Crippen molar-refractivity contribution in [3.8, 4) is 11.5 Å². The second-order valence-corrected chi connectivity index (χ2v) is 13.3. The summed E-state index contributed by atoms with van der Waals surface area (Å²) in [5, 5.41) is 1.27. The van der Waals surface area contributed by atoms with E-state index in [4.69, 9.17) is 28.4 Å². The second kappa shape index (κ2) is 19.5. The molecule has 6 nitrogen and oxygen atoms in total. The van der Waals surface area contributed by atoms with Gasteiger partial charge in [-0.1, -0.05) is 71.6 Å². The minimum Gasteiger partial charge on any atom is -0.496 e. The third kappa shape index (κ3) is 10.4. The molecule has 7 heteroatoms. The number of methoxy groups -OCH3 is 1. The fourth-order valence-corrected chi connectivity index (χ4v) is 6.87. The highest BCUT2D eigenvalue weighted by Gasteiger charge is 2.42. The molecule has 4 rings (SSSR count). The molecule has 1 aromatic heterocycles. The maximum Gasteiger partial charge on any atom is 0.128 e. The summed E-state index contributed by atoms with van der Waals surface area (Å²) < 4.78 is 40.1. The Morgan fingerprint density at radius 2 is 1.51 bits per heavy atom. The lowest BCUT2D eigenvalue weighted by molar-refractivity contribution is -0.213. The van der Waals surface area contributed by atoms with Crippen LogP contribution in [0, 0.1) is 0 Å². The summed E-state index contributed by atoms with van der Waals surface area (Å²) in [4.78, 5) is 1.29. The summed E-state index contributed by atoms with van der Waals surface area (Å²) in [6.07, 6.45) is 9.08. The van der Waals surface area contributed by atoms with E-state index >= 15 is 0 Å². The molecule has 1 fully saturated rings. The quantitative estimate of drug-likeness (QED) is 0.108. The topological polar surface area (TPSA) is 55.4 Å². The van der Waals surface area contributed by atoms with Crippen LogP contribution in [0.3, 0.4) is 0 Å². The van der Waals surface area contributed by atoms with Crippen molar-refractivity contribution in [2.45, 2.75) is 116 Å². The first-order valence-electron chi connectivity index (χ1n) is 17.4. The van der Waals surface area contributed by atoms with E-state index in [1.807, 2.05) is 11.3 Å². The predicted octanol–water partition coefficient (Wildman–Crippen LogP) is 9.70. The minimum absolute atomic E-state index is 0.0939. The van der Waals surface area contributed by atoms with Gasteiger partial charge in [-0.25, -0.2) is 0 Å². The van der Waals surface area contributed by atoms with Crippen molar-refractivity contribution >= 4 is 21.4 Å². The van der Waals surface area contributed by atoms with Crippen molar-refractivity contribution in [3.63, 3.8) is 0 Å². The zero-order valence-corrected chi connectivity index (χ0v) is 29.1. The van der Waals surface area contributed by atoms with Crippen LogP contribution in [0.25, 0.3) is 10.1 Å². The monoisotopic (exact) mass is 640 g/mol. The molecular weight excluding hydrogens is 584 g/mol. The molecule has 250 valence electrons. The van der Waals surface area contributed by atoms with E-state index in [0.717, 1.165) is 93.4 Å². The zero-order chi connectivity index (χ0) is 31.9. The predicted molar refractivity (Wildman–Crippen MR) is 185 cm³/mol. The number of thiophene rings is 1. The van der Waals surface area contributed by atoms with Gasteiger partial charge in [0.15, 0.2) is 0 Å². The molecule has 1 aliphatic heterocycles. The number of hydrogen-bond donors (Lipinski definition) is 0. The number of fused-ring (bicyclic) bond motifs is 1. The highest BCUT2D eigenvalue weighted by molar-refractivity contribution is 7.19. The number of unbranched alkanes of at least 4 members (excludes halogenated alkanes) is 4. The average Bonchev–Trinajstić information content (AvgIpc) is 3.47. The molecule has 1 saturated heterocycles. The maximum absolute atomic E-state index is 6.96. The van der Waals surface area contributed by atoms with Crippen molar-refractivity contribution in [2.24, 2.45) is 0 Å². The molecule has 0 spiro atoms. The molecule has 0 amide bonds. The molecule has 0 saturated carbocycles. The second-order valence-electron chi connectivity index (χ2n) is 12.1. The minimum atomic E-state index is -0.356. The van der Waals surface area contributed by atoms with Crippen molar-refractivity contribution in [3.05, 3.63) is 58.5 Å². The molecule has 0 aliphatic carbocycles. The first-order chi connectivity index (χ1) is 22.1. The molecule has 0 N–H and O–H groups in total. The zero-order valence-electron chi connectivity index (χ0n) is 28.3. The molecule has 3 aromatic rings. The first-order valence-corrected chi connectivity index (χ1v) is 18.2. The maximum atomic E-state index is 6.96. The third-order valence-electron chi connectivity index (χ3n) is 8.40. The summed E-state index contributed by atoms with van der Waals surface area (Å²) in [5.74, 6) is 1.63. The third-order valence-corrected chi connectivity index (χ3v) is 9.52. The van der Waals surface area contributed by atoms with Gasteiger partial charge in [-0.2, -0.15) is 0 Å². The molecule has 4 atom stereocenters. The van der Waals surface area contributed by atoms with Gasteiger partial charge in [-0.3, -0.25) is 0 Å². The standard InChI is InChI=1S/C38H56O6S/c1-6-10-18-40-27-30-25-35(42-20-12-8-3)38(43-21-13-9-4)37(44-30)32-24-29(33(39-5)26-34(32)41-19-11-7-2)23-31-22-28-16-14-15-17-36(28)45-31/h14-17,22,24,26,30,35,37-38H,6-13,18-21,23,25,27H2,1-5H3/t30-,35-,37?,38+/m0/s1. The van der Waals surface area contributed by atoms with E-state index in [1.165, 1.54) is 15.0 Å². The molecule has 0 radical (unpaired) electrons. The number of ether oxygens (including phenoxy) is 6. The van der Waals surface area contributed by atoms with E-state index < -0.39 is 0 Å². The van der Waals surface area contributed by atoms with Gasteiger partial charge in [0.25, 0.3) is 0 Å². The number of hydrogen-bond acceptors (Lipinski definition) is 7. The summed E-state index contributed by atoms with van der Waals surface area (Å²) in [6, 6.07) is 15.2. The van der Waals surface area contributed by atoms with Gasteiger partial charge in [-0.15, -0.1) is 11.3 Å². The van der Waals surface area contributed by atoms with Gasteiger partial charge in [0.2, 0.25) is 0 Å². The van der Waals surface area contributed by atoms with Crippen LogP contribution >= 0.6 is 11.3 Å². The van der Waals surface area contributed by atoms with E-state index in [1.54, 1.807) is 7.11 Å². The van der Waals surface area contributed by atoms with Gasteiger partial charge in [0.05, 0.1) is 32.5 Å². The van der Waals surface area contributed by atoms with Crippen LogP contribution < -0.4 is 9.47 Å². The fourth-order valence-electron chi connectivity index (χ4n) is 5.79. The number of rotatable bonds is 21. The molecule has 1 unspecified atom stereocenters. The van der Waals surface area contributed by atoms with E-state index in [0.29, 0.717) is 26.4 Å². The average molecular weight is 641 g/mol. The largest absolute Gasteiger partial charge is 0.496 e. The van der Waals surface area contributed by atoms with Crippen molar-refractivity contribution in [1.29, 1.82) is 0 Å². The lowest BCUT2D eigenvalue weighted by Gasteiger charge is -2.42. The van der Waals surface area contributed by atoms with Crippen LogP contribution in [0.5, 0.6) is 11.5 Å². The highest BCUT2D eigenvalue weighted by Crippen LogP contribution is 2.43. The Balaban J connectivity index is 1.74. The summed E-state index contributed by atoms with van der Waals surface area (Å²) >= 11 is 1.83. The van der Waals surface area contributed by atoms with Crippen molar-refractivity contribution < 1.29 is 28.4 Å². The van der Waals surface area contributed by atoms with E-state index in [9.17, 15) is 0 Å². The van der Waals surface area contributed by atoms with Crippen LogP contribution in [0.15, 0.2) is 42.5 Å². The van der Waals surface area contributed by atoms with E-state index in [-0.39, 0.29) is 24.4 Å². The van der Waals surface area contributed by atoms with Crippen LogP contribution in [-0.2, 0) is 25.4 Å². The molecule has 1 aliphatic rings. The molecule has 0 bridgehead atoms. The van der Waals surface area contributed by atoms with Crippen LogP contribution in [-0.4, -0.2) is 58.5 Å². The summed E-state index contributed by atoms with van der Waals surface area (Å²) in [7, 11) is 1.74. The van der Waals surface area contributed by atoms with Crippen LogP contribution in [0.2, 0.25) is 0 Å². The lowest BCUT2D eigenvalue weighted by Crippen LogP contribution is -2.48. The van der Waals surface area contributed by atoms with Crippen LogP contribution in [0.1, 0.15) is 108 Å². The van der Waals surface area contributed by atoms with Gasteiger partial charge in [0.1, 0.15) is 23.7 Å². The van der Waals surface area contributed by atoms with E-state index in [2.05, 4.69) is 70.2 Å². The van der Waals surface area contributed by atoms with Gasteiger partial charge in [-0.05, 0) is 54.8 Å². The summed E-state index contributed by atoms with van der Waals surface area (Å²) in [5.41, 5.74) is 2.12. The lowest BCUT2D eigenvalue weighted by atomic mass is 9.90. The Labute approximate surface area is 275 Å². The summed E-state index contributed by atoms with van der Waals surface area (Å²) in [6.45, 7) is 12.1. The fraction of sp³-hybridized carbons (Fsp3) is 0.632. The first kappa shape index (κ1) is 35.7. The Hall–Kier alpha value is -2.16. The smallest absolute Gasteiger partial charge is 0.128 e. The molecule has 2 aromatic carbocycles. The van der Waals surface area contributed by atoms with Crippen molar-refractivity contribution in [1.82, 2.24) is 0 Å². The molecule has 45 heavy (non-hydrogen) atoms. The van der Waals surface area contributed by atoms with Gasteiger partial charge in [0, 0.05) is 53.9 Å². The molecular formula is C38H56O6S. The Morgan fingerprint density at radius 1 is 0.800 bits per heavy atom. The van der Waals surface area contributed by atoms with Gasteiger partial charge >= 0.3 is 0 Å². The molecule has 2 heterocycles. The normalized spacial score (nSPS) is 20.1. The Kier molecular flexibility index (Phi) is 15.5. The Bertz CT molecular complexity index is 1230. The van der Waals surface area contributed by atoms with Crippen molar-refractivity contribution in [2.75, 3.05) is 40.1 Å².